The third kappa shape index (κ3) is 4.40. The van der Waals surface area contributed by atoms with Crippen LogP contribution in [0.5, 0.6) is 0 Å². The zero-order chi connectivity index (χ0) is 11.3. The molecule has 0 saturated heterocycles. The van der Waals surface area contributed by atoms with Crippen LogP contribution >= 0.6 is 11.3 Å². The van der Waals surface area contributed by atoms with E-state index < -0.39 is 6.04 Å². The maximum Gasteiger partial charge on any atom is 0.237 e. The lowest BCUT2D eigenvalue weighted by Crippen LogP contribution is -2.40. The minimum absolute atomic E-state index is 0.0982. The summed E-state index contributed by atoms with van der Waals surface area (Å²) in [4.78, 5) is 15.6. The van der Waals surface area contributed by atoms with Crippen LogP contribution in [0.25, 0.3) is 0 Å². The first-order valence-electron chi connectivity index (χ1n) is 5.01. The summed E-state index contributed by atoms with van der Waals surface area (Å²) in [6.07, 6.45) is 2.43. The molecule has 0 bridgehead atoms. The second-order valence-electron chi connectivity index (χ2n) is 3.88. The largest absolute Gasteiger partial charge is 0.348 e. The normalized spacial score (nSPS) is 12.8. The quantitative estimate of drug-likeness (QED) is 0.792. The number of nitrogens with two attached hydrogens (primary N) is 1. The van der Waals surface area contributed by atoms with Gasteiger partial charge in [-0.1, -0.05) is 13.8 Å². The van der Waals surface area contributed by atoms with E-state index in [1.54, 1.807) is 6.20 Å². The van der Waals surface area contributed by atoms with Gasteiger partial charge in [-0.15, -0.1) is 11.3 Å². The van der Waals surface area contributed by atoms with Crippen molar-refractivity contribution in [2.24, 2.45) is 11.7 Å². The lowest BCUT2D eigenvalue weighted by atomic mass is 10.0. The summed E-state index contributed by atoms with van der Waals surface area (Å²) in [5.74, 6) is 0.338. The van der Waals surface area contributed by atoms with Gasteiger partial charge in [-0.05, 0) is 12.3 Å². The lowest BCUT2D eigenvalue weighted by Gasteiger charge is -2.13. The molecule has 0 radical (unpaired) electrons. The number of rotatable bonds is 5. The first-order chi connectivity index (χ1) is 7.09. The molecule has 84 valence electrons. The molecule has 1 aromatic rings. The van der Waals surface area contributed by atoms with Gasteiger partial charge in [0, 0.05) is 11.6 Å². The Balaban J connectivity index is 2.29. The van der Waals surface area contributed by atoms with Crippen molar-refractivity contribution in [2.75, 3.05) is 0 Å². The summed E-state index contributed by atoms with van der Waals surface area (Å²) in [6.45, 7) is 4.57. The monoisotopic (exact) mass is 227 g/mol. The summed E-state index contributed by atoms with van der Waals surface area (Å²) in [5.41, 5.74) is 5.73. The number of nitrogens with zero attached hydrogens (tertiary/aromatic N) is 1. The van der Waals surface area contributed by atoms with E-state index in [4.69, 9.17) is 5.73 Å². The molecular weight excluding hydrogens is 210 g/mol. The van der Waals surface area contributed by atoms with Gasteiger partial charge in [0.25, 0.3) is 0 Å². The molecule has 1 rings (SSSR count). The van der Waals surface area contributed by atoms with E-state index in [0.29, 0.717) is 18.9 Å². The fourth-order valence-corrected chi connectivity index (χ4v) is 1.81. The molecule has 1 aromatic heterocycles. The van der Waals surface area contributed by atoms with Crippen LogP contribution in [0.15, 0.2) is 11.6 Å². The Labute approximate surface area is 93.9 Å². The van der Waals surface area contributed by atoms with Crippen molar-refractivity contribution < 1.29 is 4.79 Å². The van der Waals surface area contributed by atoms with E-state index in [1.165, 1.54) is 11.3 Å². The molecule has 0 aliphatic rings. The van der Waals surface area contributed by atoms with E-state index in [2.05, 4.69) is 10.3 Å². The van der Waals surface area contributed by atoms with Crippen LogP contribution in [0, 0.1) is 5.92 Å². The van der Waals surface area contributed by atoms with Gasteiger partial charge in [0.2, 0.25) is 5.91 Å². The number of carbonyl (C=O) groups is 1. The standard InChI is InChI=1S/C10H17N3OS/c1-7(2)5-8(11)10(14)13-6-9-12-3-4-15-9/h3-4,7-8H,5-6,11H2,1-2H3,(H,13,14)/t8-/m1/s1. The van der Waals surface area contributed by atoms with Gasteiger partial charge < -0.3 is 11.1 Å². The van der Waals surface area contributed by atoms with Gasteiger partial charge in [0.1, 0.15) is 5.01 Å². The third-order valence-corrected chi connectivity index (χ3v) is 2.74. The Bertz CT molecular complexity index is 298. The topological polar surface area (TPSA) is 68.0 Å². The minimum atomic E-state index is -0.412. The van der Waals surface area contributed by atoms with E-state index in [-0.39, 0.29) is 5.91 Å². The molecule has 15 heavy (non-hydrogen) atoms. The summed E-state index contributed by atoms with van der Waals surface area (Å²) in [7, 11) is 0. The first kappa shape index (κ1) is 12.1. The molecule has 0 unspecified atom stereocenters. The number of nitrogens with one attached hydrogen (secondary N) is 1. The van der Waals surface area contributed by atoms with Gasteiger partial charge >= 0.3 is 0 Å². The number of hydrogen-bond acceptors (Lipinski definition) is 4. The summed E-state index contributed by atoms with van der Waals surface area (Å²) in [5, 5.41) is 5.56. The summed E-state index contributed by atoms with van der Waals surface area (Å²) >= 11 is 1.52. The Hall–Kier alpha value is -0.940. The fraction of sp³-hybridized carbons (Fsp3) is 0.600. The predicted molar refractivity (Wildman–Crippen MR) is 61.4 cm³/mol. The Morgan fingerprint density at radius 1 is 1.67 bits per heavy atom. The van der Waals surface area contributed by atoms with E-state index in [9.17, 15) is 4.79 Å². The number of carbonyl (C=O) groups excluding carboxylic acids is 1. The lowest BCUT2D eigenvalue weighted by molar-refractivity contribution is -0.122. The van der Waals surface area contributed by atoms with Crippen LogP contribution in [0.1, 0.15) is 25.3 Å². The van der Waals surface area contributed by atoms with Crippen molar-refractivity contribution in [3.05, 3.63) is 16.6 Å². The zero-order valence-corrected chi connectivity index (χ0v) is 9.88. The van der Waals surface area contributed by atoms with Crippen LogP contribution in [-0.4, -0.2) is 16.9 Å². The van der Waals surface area contributed by atoms with E-state index in [1.807, 2.05) is 19.2 Å². The van der Waals surface area contributed by atoms with Gasteiger partial charge in [0.05, 0.1) is 12.6 Å². The highest BCUT2D eigenvalue weighted by atomic mass is 32.1. The van der Waals surface area contributed by atoms with Crippen LogP contribution in [-0.2, 0) is 11.3 Å². The van der Waals surface area contributed by atoms with Gasteiger partial charge in [-0.25, -0.2) is 4.98 Å². The molecule has 0 saturated carbocycles. The van der Waals surface area contributed by atoms with Crippen LogP contribution in [0.3, 0.4) is 0 Å². The van der Waals surface area contributed by atoms with Gasteiger partial charge in [-0.3, -0.25) is 4.79 Å². The van der Waals surface area contributed by atoms with Gasteiger partial charge in [0.15, 0.2) is 0 Å². The second-order valence-corrected chi connectivity index (χ2v) is 4.86. The molecule has 0 fully saturated rings. The van der Waals surface area contributed by atoms with Crippen molar-refractivity contribution in [1.29, 1.82) is 0 Å². The number of aromatic nitrogens is 1. The molecule has 0 aliphatic carbocycles. The highest BCUT2D eigenvalue weighted by molar-refractivity contribution is 7.09. The minimum Gasteiger partial charge on any atom is -0.348 e. The first-order valence-corrected chi connectivity index (χ1v) is 5.89. The number of thiazole rings is 1. The molecule has 1 amide bonds. The molecular formula is C10H17N3OS. The predicted octanol–water partition coefficient (Wildman–Crippen LogP) is 1.13. The highest BCUT2D eigenvalue weighted by Gasteiger charge is 2.14. The highest BCUT2D eigenvalue weighted by Crippen LogP contribution is 2.05. The number of amides is 1. The third-order valence-electron chi connectivity index (χ3n) is 1.96. The zero-order valence-electron chi connectivity index (χ0n) is 9.06. The molecule has 4 nitrogen and oxygen atoms in total. The van der Waals surface area contributed by atoms with E-state index >= 15 is 0 Å². The molecule has 0 aromatic carbocycles. The van der Waals surface area contributed by atoms with E-state index in [0.717, 1.165) is 5.01 Å². The van der Waals surface area contributed by atoms with Crippen LogP contribution in [0.4, 0.5) is 0 Å². The van der Waals surface area contributed by atoms with Crippen molar-refractivity contribution in [2.45, 2.75) is 32.9 Å². The second kappa shape index (κ2) is 5.82. The maximum atomic E-state index is 11.5. The van der Waals surface area contributed by atoms with Crippen molar-refractivity contribution in [1.82, 2.24) is 10.3 Å². The smallest absolute Gasteiger partial charge is 0.237 e. The molecule has 1 heterocycles. The SMILES string of the molecule is CC(C)C[C@@H](N)C(=O)NCc1nccs1. The molecule has 0 aliphatic heterocycles. The Morgan fingerprint density at radius 2 is 2.40 bits per heavy atom. The average Bonchev–Trinajstić information content (AvgIpc) is 2.65. The molecule has 0 spiro atoms. The summed E-state index contributed by atoms with van der Waals surface area (Å²) in [6, 6.07) is -0.412. The summed E-state index contributed by atoms with van der Waals surface area (Å²) < 4.78 is 0. The van der Waals surface area contributed by atoms with Crippen molar-refractivity contribution in [3.8, 4) is 0 Å². The average molecular weight is 227 g/mol. The Kier molecular flexibility index (Phi) is 4.71. The van der Waals surface area contributed by atoms with Crippen molar-refractivity contribution >= 4 is 17.2 Å². The maximum absolute atomic E-state index is 11.5. The molecule has 1 atom stereocenters. The fourth-order valence-electron chi connectivity index (χ4n) is 1.25. The van der Waals surface area contributed by atoms with Gasteiger partial charge in [-0.2, -0.15) is 0 Å². The number of hydrogen-bond donors (Lipinski definition) is 2. The van der Waals surface area contributed by atoms with Crippen LogP contribution in [0.2, 0.25) is 0 Å². The van der Waals surface area contributed by atoms with Crippen LogP contribution < -0.4 is 11.1 Å². The van der Waals surface area contributed by atoms with Crippen molar-refractivity contribution in [3.63, 3.8) is 0 Å². The molecule has 3 N–H and O–H groups in total. The Morgan fingerprint density at radius 3 is 2.93 bits per heavy atom. The molecule has 5 heteroatoms.